The molecule has 5 N–H and O–H groups in total. The van der Waals surface area contributed by atoms with Crippen LogP contribution in [0.15, 0.2) is 91.0 Å². The second-order valence-corrected chi connectivity index (χ2v) is 11.6. The van der Waals surface area contributed by atoms with Crippen LogP contribution in [0, 0.1) is 5.41 Å². The van der Waals surface area contributed by atoms with Crippen molar-refractivity contribution in [2.45, 2.75) is 6.42 Å². The number of rotatable bonds is 9. The summed E-state index contributed by atoms with van der Waals surface area (Å²) in [5.41, 5.74) is 11.3. The molecule has 3 aromatic carbocycles. The Morgan fingerprint density at radius 3 is 1.50 bits per heavy atom. The van der Waals surface area contributed by atoms with Gasteiger partial charge in [-0.15, -0.1) is 12.4 Å². The third-order valence-corrected chi connectivity index (χ3v) is 10.3. The maximum absolute atomic E-state index is 11.6. The number of hydrogen-bond donors (Lipinski definition) is 3. The number of benzene rings is 3. The Balaban J connectivity index is 0.00000363. The molecule has 0 bridgehead atoms. The molecule has 168 valence electrons. The minimum absolute atomic E-state index is 0. The first-order valence-electron chi connectivity index (χ1n) is 10.4. The van der Waals surface area contributed by atoms with Gasteiger partial charge >= 0.3 is 0 Å². The van der Waals surface area contributed by atoms with Gasteiger partial charge in [0.05, 0.1) is 19.8 Å². The predicted octanol–water partition coefficient (Wildman–Crippen LogP) is 2.62. The number of hydrogen-bond acceptors (Lipinski definition) is 2. The second kappa shape index (κ2) is 11.2. The number of primary amides is 1. The minimum atomic E-state index is -1.94. The molecule has 0 aliphatic heterocycles. The number of nitrogens with two attached hydrogens (primary N) is 2. The summed E-state index contributed by atoms with van der Waals surface area (Å²) in [7, 11) is -0.135. The van der Waals surface area contributed by atoms with E-state index in [0.29, 0.717) is 6.54 Å². The molecule has 1 atom stereocenters. The lowest BCUT2D eigenvalue weighted by atomic mass is 10.3. The summed E-state index contributed by atoms with van der Waals surface area (Å²) in [4.78, 5) is 11.6. The van der Waals surface area contributed by atoms with Crippen LogP contribution in [0.25, 0.3) is 0 Å². The SMILES string of the molecule is C[N+](CCC[P+](c1ccccc1)(c1ccccc1)c1ccccc1)(CC(N)=O)C(=N)N.Cl. The highest BCUT2D eigenvalue weighted by molar-refractivity contribution is 7.95. The van der Waals surface area contributed by atoms with Gasteiger partial charge in [-0.2, -0.15) is 0 Å². The number of nitrogens with zero attached hydrogens (tertiary/aromatic N) is 1. The highest BCUT2D eigenvalue weighted by Crippen LogP contribution is 2.55. The summed E-state index contributed by atoms with van der Waals surface area (Å²) in [6.07, 6.45) is 1.71. The van der Waals surface area contributed by atoms with E-state index in [1.807, 2.05) is 18.2 Å². The molecule has 0 saturated heterocycles. The smallest absolute Gasteiger partial charge is 0.292 e. The molecule has 0 radical (unpaired) electrons. The highest BCUT2D eigenvalue weighted by atomic mass is 35.5. The predicted molar refractivity (Wildman–Crippen MR) is 139 cm³/mol. The summed E-state index contributed by atoms with van der Waals surface area (Å²) < 4.78 is 0.0354. The van der Waals surface area contributed by atoms with Crippen molar-refractivity contribution < 1.29 is 9.28 Å². The molecule has 0 heterocycles. The Bertz CT molecular complexity index is 921. The van der Waals surface area contributed by atoms with E-state index in [9.17, 15) is 4.79 Å². The molecular weight excluding hydrogens is 439 g/mol. The van der Waals surface area contributed by atoms with Gasteiger partial charge in [-0.3, -0.25) is 9.28 Å². The van der Waals surface area contributed by atoms with Gasteiger partial charge in [0, 0.05) is 6.42 Å². The van der Waals surface area contributed by atoms with E-state index in [-0.39, 0.29) is 29.4 Å². The van der Waals surface area contributed by atoms with E-state index < -0.39 is 13.2 Å². The van der Waals surface area contributed by atoms with Gasteiger partial charge in [0.25, 0.3) is 11.9 Å². The number of quaternary nitrogens is 1. The lowest BCUT2D eigenvalue weighted by molar-refractivity contribution is -0.814. The number of carbonyl (C=O) groups excluding carboxylic acids is 1. The molecule has 1 unspecified atom stereocenters. The number of guanidine groups is 1. The summed E-state index contributed by atoms with van der Waals surface area (Å²) in [5.74, 6) is -0.491. The fraction of sp³-hybridized carbons (Fsp3) is 0.200. The second-order valence-electron chi connectivity index (χ2n) is 8.02. The molecule has 0 fully saturated rings. The van der Waals surface area contributed by atoms with Crippen molar-refractivity contribution in [1.82, 2.24) is 0 Å². The van der Waals surface area contributed by atoms with Crippen molar-refractivity contribution in [2.24, 2.45) is 11.5 Å². The molecule has 1 amide bonds. The molecule has 0 saturated carbocycles. The van der Waals surface area contributed by atoms with Crippen LogP contribution in [0.5, 0.6) is 0 Å². The number of halogens is 1. The van der Waals surface area contributed by atoms with Gasteiger partial charge in [-0.1, -0.05) is 54.6 Å². The first-order chi connectivity index (χ1) is 14.9. The van der Waals surface area contributed by atoms with E-state index in [0.717, 1.165) is 12.6 Å². The fourth-order valence-corrected chi connectivity index (χ4v) is 8.50. The van der Waals surface area contributed by atoms with Crippen molar-refractivity contribution >= 4 is 47.4 Å². The molecule has 5 nitrogen and oxygen atoms in total. The van der Waals surface area contributed by atoms with Crippen molar-refractivity contribution in [3.05, 3.63) is 91.0 Å². The molecule has 0 aliphatic carbocycles. The van der Waals surface area contributed by atoms with Crippen LogP contribution in [0.3, 0.4) is 0 Å². The van der Waals surface area contributed by atoms with Crippen LogP contribution in [0.1, 0.15) is 6.42 Å². The van der Waals surface area contributed by atoms with E-state index in [4.69, 9.17) is 16.9 Å². The summed E-state index contributed by atoms with van der Waals surface area (Å²) in [5, 5.41) is 12.0. The summed E-state index contributed by atoms with van der Waals surface area (Å²) in [6.45, 7) is 0.606. The standard InChI is InChI=1S/C25H30N4OP.ClH/c1-29(25(27)28,20-24(26)30)18-11-19-31(21-12-5-2-6-13-21,22-14-7-3-8-15-22)23-16-9-4-10-17-23;/h2-10,12-17H,11,18-20H2,1H3,(H4-,26,27,28,30);1H/q+1;/p+1. The monoisotopic (exact) mass is 470 g/mol. The van der Waals surface area contributed by atoms with Gasteiger partial charge in [-0.05, 0) is 36.4 Å². The number of nitrogens with one attached hydrogen (secondary N) is 1. The average Bonchev–Trinajstić information content (AvgIpc) is 2.78. The van der Waals surface area contributed by atoms with Gasteiger partial charge < -0.3 is 11.5 Å². The number of likely N-dealkylation sites (N-methyl/N-ethyl adjacent to an activating group) is 1. The van der Waals surface area contributed by atoms with Crippen LogP contribution in [0.4, 0.5) is 0 Å². The Kier molecular flexibility index (Phi) is 8.97. The van der Waals surface area contributed by atoms with Crippen LogP contribution < -0.4 is 27.4 Å². The first kappa shape index (κ1) is 25.5. The van der Waals surface area contributed by atoms with Crippen LogP contribution >= 0.6 is 19.7 Å². The lowest BCUT2D eigenvalue weighted by Crippen LogP contribution is -2.57. The largest absolute Gasteiger partial charge is 0.365 e. The first-order valence-corrected chi connectivity index (χ1v) is 12.4. The van der Waals surface area contributed by atoms with E-state index in [1.165, 1.54) is 15.9 Å². The number of amides is 1. The Morgan fingerprint density at radius 2 is 1.19 bits per heavy atom. The third-order valence-electron chi connectivity index (χ3n) is 5.82. The Hall–Kier alpha value is -2.72. The summed E-state index contributed by atoms with van der Waals surface area (Å²) >= 11 is 0. The van der Waals surface area contributed by atoms with Gasteiger partial charge in [0.1, 0.15) is 23.2 Å². The van der Waals surface area contributed by atoms with Crippen molar-refractivity contribution in [2.75, 3.05) is 26.3 Å². The summed E-state index contributed by atoms with van der Waals surface area (Å²) in [6, 6.07) is 32.0. The molecule has 7 heteroatoms. The van der Waals surface area contributed by atoms with Crippen molar-refractivity contribution in [3.63, 3.8) is 0 Å². The molecule has 0 aromatic heterocycles. The lowest BCUT2D eigenvalue weighted by Gasteiger charge is -2.32. The normalized spacial score (nSPS) is 12.9. The number of carbonyl (C=O) groups is 1. The Morgan fingerprint density at radius 1 is 0.812 bits per heavy atom. The highest BCUT2D eigenvalue weighted by Gasteiger charge is 2.45. The zero-order valence-electron chi connectivity index (χ0n) is 18.4. The molecule has 0 spiro atoms. The topological polar surface area (TPSA) is 93.0 Å². The zero-order chi connectivity index (χ0) is 22.3. The van der Waals surface area contributed by atoms with Gasteiger partial charge in [-0.25, -0.2) is 5.41 Å². The van der Waals surface area contributed by atoms with Crippen LogP contribution in [-0.4, -0.2) is 42.6 Å². The van der Waals surface area contributed by atoms with Gasteiger partial charge in [0.15, 0.2) is 6.54 Å². The van der Waals surface area contributed by atoms with E-state index in [2.05, 4.69) is 72.8 Å². The van der Waals surface area contributed by atoms with E-state index >= 15 is 0 Å². The zero-order valence-corrected chi connectivity index (χ0v) is 20.1. The van der Waals surface area contributed by atoms with E-state index in [1.54, 1.807) is 7.05 Å². The third kappa shape index (κ3) is 5.55. The Labute approximate surface area is 197 Å². The molecule has 0 aliphatic rings. The van der Waals surface area contributed by atoms with Crippen molar-refractivity contribution in [3.8, 4) is 0 Å². The van der Waals surface area contributed by atoms with Crippen LogP contribution in [-0.2, 0) is 4.79 Å². The quantitative estimate of drug-likeness (QED) is 0.194. The fourth-order valence-electron chi connectivity index (χ4n) is 4.17. The molecule has 3 aromatic rings. The average molecular weight is 471 g/mol. The molecule has 32 heavy (non-hydrogen) atoms. The van der Waals surface area contributed by atoms with Gasteiger partial charge in [0.2, 0.25) is 0 Å². The van der Waals surface area contributed by atoms with Crippen molar-refractivity contribution in [1.29, 1.82) is 5.41 Å². The van der Waals surface area contributed by atoms with Crippen LogP contribution in [0.2, 0.25) is 0 Å². The minimum Gasteiger partial charge on any atom is -0.365 e. The maximum Gasteiger partial charge on any atom is 0.292 e. The molecular formula is C25H32ClN4OP+2. The molecule has 3 rings (SSSR count). The maximum atomic E-state index is 11.6.